The largest absolute Gasteiger partial charge is 0.465 e. The summed E-state index contributed by atoms with van der Waals surface area (Å²) < 4.78 is 34.3. The molecule has 2 heterocycles. The van der Waals surface area contributed by atoms with Crippen molar-refractivity contribution in [1.29, 1.82) is 0 Å². The lowest BCUT2D eigenvalue weighted by Gasteiger charge is -2.32. The normalized spacial score (nSPS) is 15.5. The number of aryl methyl sites for hydroxylation is 2. The number of carbonyl (C=O) groups is 1. The van der Waals surface area contributed by atoms with Gasteiger partial charge in [0.15, 0.2) is 0 Å². The zero-order chi connectivity index (χ0) is 21.5. The van der Waals surface area contributed by atoms with Crippen LogP contribution < -0.4 is 4.74 Å². The van der Waals surface area contributed by atoms with Gasteiger partial charge in [0.2, 0.25) is 10.0 Å². The summed E-state index contributed by atoms with van der Waals surface area (Å²) in [7, 11) is -3.88. The van der Waals surface area contributed by atoms with Crippen LogP contribution in [0.5, 0.6) is 11.5 Å². The Morgan fingerprint density at radius 3 is 2.33 bits per heavy atom. The van der Waals surface area contributed by atoms with E-state index < -0.39 is 16.1 Å². The second kappa shape index (κ2) is 7.66. The molecule has 0 bridgehead atoms. The molecule has 158 valence electrons. The smallest absolute Gasteiger partial charge is 0.407 e. The lowest BCUT2D eigenvalue weighted by molar-refractivity contribution is 0.126. The SMILES string of the molecule is Cc1cc(C)cc(Oc2cc3cc[nH]c3cc2S(=O)(=O)N2CCN(C(=O)O)CC2)c1. The number of hydrogen-bond donors (Lipinski definition) is 2. The third kappa shape index (κ3) is 3.86. The highest BCUT2D eigenvalue weighted by molar-refractivity contribution is 7.89. The number of nitrogens with zero attached hydrogens (tertiary/aromatic N) is 2. The molecule has 0 spiro atoms. The van der Waals surface area contributed by atoms with E-state index in [0.717, 1.165) is 16.5 Å². The van der Waals surface area contributed by atoms with Crippen LogP contribution >= 0.6 is 0 Å². The van der Waals surface area contributed by atoms with Gasteiger partial charge in [-0.25, -0.2) is 13.2 Å². The summed E-state index contributed by atoms with van der Waals surface area (Å²) in [4.78, 5) is 15.5. The first-order chi connectivity index (χ1) is 14.2. The first kappa shape index (κ1) is 20.2. The van der Waals surface area contributed by atoms with Crippen LogP contribution in [0.2, 0.25) is 0 Å². The molecular weight excluding hydrogens is 406 g/mol. The predicted octanol–water partition coefficient (Wildman–Crippen LogP) is 3.56. The molecule has 0 unspecified atom stereocenters. The maximum Gasteiger partial charge on any atom is 0.407 e. The van der Waals surface area contributed by atoms with Crippen molar-refractivity contribution in [2.24, 2.45) is 0 Å². The Hall–Kier alpha value is -3.04. The molecule has 1 aromatic heterocycles. The van der Waals surface area contributed by atoms with Crippen LogP contribution in [-0.4, -0.2) is 60.0 Å². The van der Waals surface area contributed by atoms with Gasteiger partial charge in [0.1, 0.15) is 16.4 Å². The molecule has 0 radical (unpaired) electrons. The van der Waals surface area contributed by atoms with Gasteiger partial charge in [-0.05, 0) is 55.3 Å². The Morgan fingerprint density at radius 1 is 1.03 bits per heavy atom. The first-order valence-corrected chi connectivity index (χ1v) is 11.0. The zero-order valence-corrected chi connectivity index (χ0v) is 17.6. The van der Waals surface area contributed by atoms with Crippen LogP contribution in [0.4, 0.5) is 4.79 Å². The van der Waals surface area contributed by atoms with Crippen molar-refractivity contribution in [3.63, 3.8) is 0 Å². The number of sulfonamides is 1. The highest BCUT2D eigenvalue weighted by Crippen LogP contribution is 2.35. The fourth-order valence-electron chi connectivity index (χ4n) is 3.72. The van der Waals surface area contributed by atoms with E-state index in [1.165, 1.54) is 9.21 Å². The second-order valence-electron chi connectivity index (χ2n) is 7.46. The molecule has 0 saturated carbocycles. The zero-order valence-electron chi connectivity index (χ0n) is 16.8. The van der Waals surface area contributed by atoms with Crippen molar-refractivity contribution < 1.29 is 23.1 Å². The van der Waals surface area contributed by atoms with E-state index in [1.807, 2.05) is 38.1 Å². The summed E-state index contributed by atoms with van der Waals surface area (Å²) in [6.07, 6.45) is 0.700. The van der Waals surface area contributed by atoms with Crippen LogP contribution in [-0.2, 0) is 10.0 Å². The first-order valence-electron chi connectivity index (χ1n) is 9.59. The number of rotatable bonds is 4. The minimum absolute atomic E-state index is 0.0559. The average molecular weight is 429 g/mol. The molecule has 1 aliphatic heterocycles. The van der Waals surface area contributed by atoms with Gasteiger partial charge in [-0.3, -0.25) is 0 Å². The number of aromatic nitrogens is 1. The predicted molar refractivity (Wildman–Crippen MR) is 113 cm³/mol. The van der Waals surface area contributed by atoms with Gasteiger partial charge in [-0.1, -0.05) is 6.07 Å². The number of H-pyrrole nitrogens is 1. The molecular formula is C21H23N3O5S. The van der Waals surface area contributed by atoms with Crippen molar-refractivity contribution in [2.45, 2.75) is 18.7 Å². The minimum atomic E-state index is -3.88. The standard InChI is InChI=1S/C21H23N3O5S/c1-14-9-15(2)11-17(10-14)29-19-12-16-3-4-22-18(16)13-20(19)30(27,28)24-7-5-23(6-8-24)21(25)26/h3-4,9-13,22H,5-8H2,1-2H3,(H,25,26). The molecule has 4 rings (SSSR count). The Kier molecular flexibility index (Phi) is 5.17. The molecule has 9 heteroatoms. The average Bonchev–Trinajstić information content (AvgIpc) is 3.14. The summed E-state index contributed by atoms with van der Waals surface area (Å²) in [5.41, 5.74) is 2.72. The minimum Gasteiger partial charge on any atom is -0.465 e. The maximum absolute atomic E-state index is 13.4. The quantitative estimate of drug-likeness (QED) is 0.660. The molecule has 1 fully saturated rings. The number of ether oxygens (including phenoxy) is 1. The van der Waals surface area contributed by atoms with Crippen molar-refractivity contribution in [3.8, 4) is 11.5 Å². The van der Waals surface area contributed by atoms with E-state index in [9.17, 15) is 13.2 Å². The van der Waals surface area contributed by atoms with Gasteiger partial charge in [-0.2, -0.15) is 4.31 Å². The highest BCUT2D eigenvalue weighted by atomic mass is 32.2. The lowest BCUT2D eigenvalue weighted by atomic mass is 10.1. The second-order valence-corrected chi connectivity index (χ2v) is 9.37. The van der Waals surface area contributed by atoms with E-state index in [-0.39, 0.29) is 36.8 Å². The van der Waals surface area contributed by atoms with Crippen molar-refractivity contribution in [1.82, 2.24) is 14.2 Å². The van der Waals surface area contributed by atoms with Gasteiger partial charge in [0.05, 0.1) is 0 Å². The molecule has 1 saturated heterocycles. The Labute approximate surface area is 174 Å². The molecule has 8 nitrogen and oxygen atoms in total. The van der Waals surface area contributed by atoms with Gasteiger partial charge >= 0.3 is 6.09 Å². The highest BCUT2D eigenvalue weighted by Gasteiger charge is 2.32. The molecule has 1 amide bonds. The third-order valence-electron chi connectivity index (χ3n) is 5.17. The number of hydrogen-bond acceptors (Lipinski definition) is 4. The van der Waals surface area contributed by atoms with Gasteiger partial charge in [-0.15, -0.1) is 0 Å². The third-order valence-corrected chi connectivity index (χ3v) is 7.09. The van der Waals surface area contributed by atoms with E-state index in [1.54, 1.807) is 18.3 Å². The number of fused-ring (bicyclic) bond motifs is 1. The topological polar surface area (TPSA) is 103 Å². The molecule has 1 aliphatic rings. The van der Waals surface area contributed by atoms with E-state index in [0.29, 0.717) is 11.3 Å². The molecule has 0 atom stereocenters. The van der Waals surface area contributed by atoms with Crippen LogP contribution in [0.1, 0.15) is 11.1 Å². The Morgan fingerprint density at radius 2 is 1.70 bits per heavy atom. The summed E-state index contributed by atoms with van der Waals surface area (Å²) in [6.45, 7) is 4.36. The van der Waals surface area contributed by atoms with Crippen LogP contribution in [0.3, 0.4) is 0 Å². The number of nitrogens with one attached hydrogen (secondary N) is 1. The monoisotopic (exact) mass is 429 g/mol. The van der Waals surface area contributed by atoms with Crippen LogP contribution in [0.25, 0.3) is 10.9 Å². The van der Waals surface area contributed by atoms with E-state index in [4.69, 9.17) is 9.84 Å². The maximum atomic E-state index is 13.4. The summed E-state index contributed by atoms with van der Waals surface area (Å²) >= 11 is 0. The van der Waals surface area contributed by atoms with E-state index >= 15 is 0 Å². The number of benzene rings is 2. The van der Waals surface area contributed by atoms with E-state index in [2.05, 4.69) is 4.98 Å². The summed E-state index contributed by atoms with van der Waals surface area (Å²) in [5.74, 6) is 0.808. The molecule has 3 aromatic rings. The number of aromatic amines is 1. The van der Waals surface area contributed by atoms with Crippen LogP contribution in [0.15, 0.2) is 47.5 Å². The molecule has 2 aromatic carbocycles. The van der Waals surface area contributed by atoms with Crippen molar-refractivity contribution >= 4 is 27.0 Å². The van der Waals surface area contributed by atoms with Gasteiger partial charge in [0, 0.05) is 43.3 Å². The Bertz CT molecular complexity index is 1190. The fourth-order valence-corrected chi connectivity index (χ4v) is 5.26. The molecule has 0 aliphatic carbocycles. The molecule has 30 heavy (non-hydrogen) atoms. The summed E-state index contributed by atoms with van der Waals surface area (Å²) in [5, 5.41) is 9.96. The van der Waals surface area contributed by atoms with Crippen molar-refractivity contribution in [3.05, 3.63) is 53.7 Å². The number of carboxylic acid groups (broad SMARTS) is 1. The van der Waals surface area contributed by atoms with Gasteiger partial charge < -0.3 is 19.7 Å². The number of amides is 1. The van der Waals surface area contributed by atoms with Crippen LogP contribution in [0, 0.1) is 13.8 Å². The van der Waals surface area contributed by atoms with Gasteiger partial charge in [0.25, 0.3) is 0 Å². The van der Waals surface area contributed by atoms with Crippen molar-refractivity contribution in [2.75, 3.05) is 26.2 Å². The summed E-state index contributed by atoms with van der Waals surface area (Å²) in [6, 6.07) is 10.9. The lowest BCUT2D eigenvalue weighted by Crippen LogP contribution is -2.50. The number of piperazine rings is 1. The Balaban J connectivity index is 1.73. The molecule has 2 N–H and O–H groups in total. The fraction of sp³-hybridized carbons (Fsp3) is 0.286.